The fourth-order valence-electron chi connectivity index (χ4n) is 0.859. The zero-order valence-corrected chi connectivity index (χ0v) is 8.14. The predicted molar refractivity (Wildman–Crippen MR) is 47.2 cm³/mol. The van der Waals surface area contributed by atoms with Crippen LogP contribution in [0, 0.1) is 0 Å². The Kier molecular flexibility index (Phi) is 6.41. The highest BCUT2D eigenvalue weighted by atomic mass is 19.1. The summed E-state index contributed by atoms with van der Waals surface area (Å²) in [5, 5.41) is 10.3. The maximum Gasteiger partial charge on any atom is 0.305 e. The van der Waals surface area contributed by atoms with Crippen molar-refractivity contribution in [2.75, 3.05) is 13.3 Å². The summed E-state index contributed by atoms with van der Waals surface area (Å²) in [4.78, 5) is 41.9. The summed E-state index contributed by atoms with van der Waals surface area (Å²) in [6, 6.07) is -1.45. The maximum absolute atomic E-state index is 12.0. The second kappa shape index (κ2) is 7.32. The normalized spacial score (nSPS) is 11.3. The molecule has 0 aliphatic rings. The lowest BCUT2D eigenvalue weighted by Crippen LogP contribution is -2.44. The van der Waals surface area contributed by atoms with Crippen LogP contribution in [-0.4, -0.2) is 48.6 Å². The van der Waals surface area contributed by atoms with Gasteiger partial charge < -0.3 is 15.2 Å². The molecule has 2 N–H and O–H groups in total. The number of hydrogen-bond donors (Lipinski definition) is 2. The summed E-state index contributed by atoms with van der Waals surface area (Å²) in [5.74, 6) is -3.29. The largest absolute Gasteiger partial charge is 0.481 e. The van der Waals surface area contributed by atoms with E-state index in [-0.39, 0.29) is 6.47 Å². The summed E-state index contributed by atoms with van der Waals surface area (Å²) in [6.07, 6.45) is -0.727. The third kappa shape index (κ3) is 5.68. The lowest BCUT2D eigenvalue weighted by atomic mass is 10.1. The summed E-state index contributed by atoms with van der Waals surface area (Å²) in [7, 11) is 0. The molecule has 16 heavy (non-hydrogen) atoms. The number of carbonyl (C=O) groups is 4. The third-order valence-electron chi connectivity index (χ3n) is 1.52. The molecule has 0 saturated carbocycles. The lowest BCUT2D eigenvalue weighted by molar-refractivity contribution is -0.142. The number of halogens is 1. The maximum atomic E-state index is 12.0. The smallest absolute Gasteiger partial charge is 0.305 e. The van der Waals surface area contributed by atoms with Gasteiger partial charge in [-0.1, -0.05) is 0 Å². The fraction of sp³-hybridized carbons (Fsp3) is 0.500. The molecule has 0 bridgehead atoms. The molecule has 90 valence electrons. The van der Waals surface area contributed by atoms with Crippen molar-refractivity contribution in [2.24, 2.45) is 0 Å². The van der Waals surface area contributed by atoms with Crippen LogP contribution in [0.5, 0.6) is 0 Å². The van der Waals surface area contributed by atoms with E-state index in [1.165, 1.54) is 0 Å². The molecule has 7 nitrogen and oxygen atoms in total. The number of ether oxygens (including phenoxy) is 1. The van der Waals surface area contributed by atoms with Crippen molar-refractivity contribution in [3.8, 4) is 0 Å². The van der Waals surface area contributed by atoms with E-state index >= 15 is 0 Å². The van der Waals surface area contributed by atoms with Gasteiger partial charge in [-0.2, -0.15) is 0 Å². The molecule has 8 heteroatoms. The third-order valence-corrected chi connectivity index (χ3v) is 1.52. The monoisotopic (exact) mass is 235 g/mol. The zero-order chi connectivity index (χ0) is 12.6. The molecule has 0 aromatic heterocycles. The van der Waals surface area contributed by atoms with Crippen LogP contribution in [0.4, 0.5) is 4.39 Å². The highest BCUT2D eigenvalue weighted by Crippen LogP contribution is 1.95. The number of hydrogen-bond acceptors (Lipinski definition) is 5. The number of carboxylic acids is 1. The molecule has 1 unspecified atom stereocenters. The average molecular weight is 235 g/mol. The molecule has 0 spiro atoms. The SMILES string of the molecule is O=COCC(=O)NC(CC(=O)O)C(=O)CF. The molecule has 0 aromatic carbocycles. The van der Waals surface area contributed by atoms with Crippen LogP contribution in [0.25, 0.3) is 0 Å². The topological polar surface area (TPSA) is 110 Å². The lowest BCUT2D eigenvalue weighted by Gasteiger charge is -2.13. The number of rotatable bonds is 8. The fourth-order valence-corrected chi connectivity index (χ4v) is 0.859. The minimum absolute atomic E-state index is 0.0166. The van der Waals surface area contributed by atoms with Gasteiger partial charge in [-0.25, -0.2) is 4.39 Å². The first-order chi connectivity index (χ1) is 7.51. The van der Waals surface area contributed by atoms with Gasteiger partial charge in [-0.05, 0) is 0 Å². The van der Waals surface area contributed by atoms with Crippen LogP contribution < -0.4 is 5.32 Å². The molecule has 0 saturated heterocycles. The van der Waals surface area contributed by atoms with Crippen molar-refractivity contribution in [1.82, 2.24) is 5.32 Å². The molecule has 0 aromatic rings. The van der Waals surface area contributed by atoms with Crippen LogP contribution in [0.15, 0.2) is 0 Å². The zero-order valence-electron chi connectivity index (χ0n) is 8.14. The Morgan fingerprint density at radius 2 is 2.06 bits per heavy atom. The van der Waals surface area contributed by atoms with Gasteiger partial charge in [0.25, 0.3) is 12.4 Å². The standard InChI is InChI=1S/C8H10FNO6/c9-2-6(12)5(1-8(14)15)10-7(13)3-16-4-11/h4-5H,1-3H2,(H,10,13)(H,14,15). The Hall–Kier alpha value is -1.99. The average Bonchev–Trinajstić information content (AvgIpc) is 2.23. The molecular formula is C8H10FNO6. The number of nitrogens with one attached hydrogen (secondary N) is 1. The first kappa shape index (κ1) is 14.0. The second-order valence-electron chi connectivity index (χ2n) is 2.73. The first-order valence-corrected chi connectivity index (χ1v) is 4.16. The van der Waals surface area contributed by atoms with E-state index in [0.29, 0.717) is 0 Å². The van der Waals surface area contributed by atoms with E-state index in [4.69, 9.17) is 5.11 Å². The van der Waals surface area contributed by atoms with Gasteiger partial charge in [0.15, 0.2) is 12.4 Å². The number of ketones is 1. The van der Waals surface area contributed by atoms with Gasteiger partial charge in [0.2, 0.25) is 0 Å². The van der Waals surface area contributed by atoms with Gasteiger partial charge >= 0.3 is 5.97 Å². The van der Waals surface area contributed by atoms with Crippen molar-refractivity contribution >= 4 is 24.1 Å². The highest BCUT2D eigenvalue weighted by molar-refractivity contribution is 5.92. The van der Waals surface area contributed by atoms with Crippen molar-refractivity contribution in [2.45, 2.75) is 12.5 Å². The minimum Gasteiger partial charge on any atom is -0.481 e. The van der Waals surface area contributed by atoms with Crippen LogP contribution >= 0.6 is 0 Å². The van der Waals surface area contributed by atoms with Crippen molar-refractivity contribution in [1.29, 1.82) is 0 Å². The summed E-state index contributed by atoms with van der Waals surface area (Å²) >= 11 is 0. The van der Waals surface area contributed by atoms with Crippen molar-refractivity contribution < 1.29 is 33.4 Å². The Morgan fingerprint density at radius 3 is 2.50 bits per heavy atom. The van der Waals surface area contributed by atoms with E-state index in [9.17, 15) is 23.6 Å². The van der Waals surface area contributed by atoms with Crippen LogP contribution in [0.3, 0.4) is 0 Å². The Balaban J connectivity index is 4.30. The van der Waals surface area contributed by atoms with Crippen LogP contribution in [0.2, 0.25) is 0 Å². The molecule has 1 amide bonds. The van der Waals surface area contributed by atoms with Crippen molar-refractivity contribution in [3.05, 3.63) is 0 Å². The van der Waals surface area contributed by atoms with E-state index < -0.39 is 43.4 Å². The first-order valence-electron chi connectivity index (χ1n) is 4.16. The van der Waals surface area contributed by atoms with Crippen LogP contribution in [-0.2, 0) is 23.9 Å². The molecule has 0 fully saturated rings. The summed E-state index contributed by atoms with van der Waals surface area (Å²) in [5.41, 5.74) is 0. The van der Waals surface area contributed by atoms with E-state index in [1.54, 1.807) is 0 Å². The van der Waals surface area contributed by atoms with Gasteiger partial charge in [0.05, 0.1) is 6.42 Å². The van der Waals surface area contributed by atoms with Crippen LogP contribution in [0.1, 0.15) is 6.42 Å². The van der Waals surface area contributed by atoms with Crippen molar-refractivity contribution in [3.63, 3.8) is 0 Å². The summed E-state index contributed by atoms with van der Waals surface area (Å²) < 4.78 is 16.1. The Morgan fingerprint density at radius 1 is 1.44 bits per heavy atom. The minimum atomic E-state index is -1.45. The molecule has 0 heterocycles. The number of Topliss-reactive ketones (excluding diaryl/α,β-unsaturated/α-hetero) is 1. The predicted octanol–water partition coefficient (Wildman–Crippen LogP) is -1.34. The van der Waals surface area contributed by atoms with Gasteiger partial charge in [0, 0.05) is 0 Å². The quantitative estimate of drug-likeness (QED) is 0.504. The second-order valence-corrected chi connectivity index (χ2v) is 2.73. The Bertz CT molecular complexity index is 292. The molecule has 0 aliphatic heterocycles. The molecule has 0 rings (SSSR count). The van der Waals surface area contributed by atoms with Gasteiger partial charge in [-0.15, -0.1) is 0 Å². The highest BCUT2D eigenvalue weighted by Gasteiger charge is 2.23. The van der Waals surface area contributed by atoms with E-state index in [0.717, 1.165) is 0 Å². The number of carboxylic acid groups (broad SMARTS) is 1. The van der Waals surface area contributed by atoms with Gasteiger partial charge in [-0.3, -0.25) is 19.2 Å². The van der Waals surface area contributed by atoms with E-state index in [1.807, 2.05) is 5.32 Å². The molecule has 0 radical (unpaired) electrons. The number of carbonyl (C=O) groups excluding carboxylic acids is 3. The van der Waals surface area contributed by atoms with Gasteiger partial charge in [0.1, 0.15) is 12.7 Å². The molecule has 1 atom stereocenters. The number of amides is 1. The number of aliphatic carboxylic acids is 1. The molecule has 0 aliphatic carbocycles. The molecular weight excluding hydrogens is 225 g/mol. The Labute approximate surface area is 89.6 Å². The number of alkyl halides is 1. The van der Waals surface area contributed by atoms with E-state index in [2.05, 4.69) is 4.74 Å². The summed E-state index contributed by atoms with van der Waals surface area (Å²) in [6.45, 7) is -2.02.